The van der Waals surface area contributed by atoms with Crippen LogP contribution >= 0.6 is 0 Å². The number of nitrogens with zero attached hydrogens (tertiary/aromatic N) is 1. The summed E-state index contributed by atoms with van der Waals surface area (Å²) in [5.41, 5.74) is 1.22. The first-order chi connectivity index (χ1) is 7.76. The summed E-state index contributed by atoms with van der Waals surface area (Å²) in [6.07, 6.45) is 1.26. The molecule has 0 aliphatic heterocycles. The molecule has 16 heavy (non-hydrogen) atoms. The molecule has 1 rings (SSSR count). The minimum Gasteiger partial charge on any atom is -0.490 e. The quantitative estimate of drug-likeness (QED) is 0.738. The molecule has 0 amide bonds. The van der Waals surface area contributed by atoms with Gasteiger partial charge in [-0.05, 0) is 31.0 Å². The molecule has 0 aromatic heterocycles. The zero-order valence-electron chi connectivity index (χ0n) is 9.77. The fourth-order valence-electron chi connectivity index (χ4n) is 1.36. The van der Waals surface area contributed by atoms with E-state index >= 15 is 0 Å². The maximum atomic E-state index is 8.51. The van der Waals surface area contributed by atoms with E-state index in [1.54, 1.807) is 7.11 Å². The average Bonchev–Trinajstić information content (AvgIpc) is 2.28. The van der Waals surface area contributed by atoms with Crippen LogP contribution in [0.4, 0.5) is 0 Å². The molecule has 86 valence electrons. The highest BCUT2D eigenvalue weighted by atomic mass is 16.5. The molecule has 3 heteroatoms. The van der Waals surface area contributed by atoms with Crippen molar-refractivity contribution in [1.29, 1.82) is 5.26 Å². The van der Waals surface area contributed by atoms with Crippen molar-refractivity contribution in [1.82, 2.24) is 0 Å². The Kier molecular flexibility index (Phi) is 5.38. The van der Waals surface area contributed by atoms with Crippen LogP contribution in [0.25, 0.3) is 0 Å². The van der Waals surface area contributed by atoms with Gasteiger partial charge in [0.15, 0.2) is 0 Å². The van der Waals surface area contributed by atoms with Crippen molar-refractivity contribution < 1.29 is 9.47 Å². The van der Waals surface area contributed by atoms with Crippen molar-refractivity contribution in [3.05, 3.63) is 29.8 Å². The van der Waals surface area contributed by atoms with Gasteiger partial charge >= 0.3 is 0 Å². The molecule has 1 atom stereocenters. The molecule has 0 radical (unpaired) electrons. The first kappa shape index (κ1) is 12.5. The van der Waals surface area contributed by atoms with E-state index in [2.05, 4.69) is 6.07 Å². The monoisotopic (exact) mass is 219 g/mol. The van der Waals surface area contributed by atoms with Crippen LogP contribution in [-0.4, -0.2) is 19.8 Å². The highest BCUT2D eigenvalue weighted by Gasteiger charge is 2.02. The van der Waals surface area contributed by atoms with Gasteiger partial charge in [-0.1, -0.05) is 12.1 Å². The second-order valence-electron chi connectivity index (χ2n) is 3.68. The first-order valence-electron chi connectivity index (χ1n) is 5.37. The van der Waals surface area contributed by atoms with Crippen LogP contribution in [0.3, 0.4) is 0 Å². The fraction of sp³-hybridized carbons (Fsp3) is 0.462. The van der Waals surface area contributed by atoms with Gasteiger partial charge in [-0.2, -0.15) is 5.26 Å². The zero-order chi connectivity index (χ0) is 11.8. The van der Waals surface area contributed by atoms with Gasteiger partial charge in [-0.15, -0.1) is 0 Å². The lowest BCUT2D eigenvalue weighted by Gasteiger charge is -2.11. The van der Waals surface area contributed by atoms with Crippen LogP contribution in [-0.2, 0) is 11.2 Å². The largest absolute Gasteiger partial charge is 0.490 e. The molecule has 3 nitrogen and oxygen atoms in total. The normalized spacial score (nSPS) is 11.8. The Balaban J connectivity index is 2.48. The van der Waals surface area contributed by atoms with Gasteiger partial charge in [-0.25, -0.2) is 0 Å². The van der Waals surface area contributed by atoms with Crippen molar-refractivity contribution in [3.8, 4) is 11.8 Å². The number of nitriles is 1. The van der Waals surface area contributed by atoms with Crippen LogP contribution in [0.1, 0.15) is 18.9 Å². The Morgan fingerprint density at radius 3 is 2.56 bits per heavy atom. The predicted octanol–water partition coefficient (Wildman–Crippen LogP) is 2.56. The Labute approximate surface area is 96.6 Å². The van der Waals surface area contributed by atoms with Gasteiger partial charge in [0, 0.05) is 7.11 Å². The van der Waals surface area contributed by atoms with E-state index in [9.17, 15) is 0 Å². The minimum atomic E-state index is -0.0603. The lowest BCUT2D eigenvalue weighted by molar-refractivity contribution is 0.202. The van der Waals surface area contributed by atoms with Crippen LogP contribution < -0.4 is 4.74 Å². The molecule has 0 N–H and O–H groups in total. The van der Waals surface area contributed by atoms with Gasteiger partial charge in [0.1, 0.15) is 11.9 Å². The molecule has 0 saturated carbocycles. The second-order valence-corrected chi connectivity index (χ2v) is 3.68. The Morgan fingerprint density at radius 1 is 1.31 bits per heavy atom. The van der Waals surface area contributed by atoms with Crippen molar-refractivity contribution in [2.24, 2.45) is 0 Å². The number of benzene rings is 1. The average molecular weight is 219 g/mol. The van der Waals surface area contributed by atoms with Gasteiger partial charge in [0.05, 0.1) is 19.1 Å². The van der Waals surface area contributed by atoms with Gasteiger partial charge in [0.25, 0.3) is 0 Å². The van der Waals surface area contributed by atoms with Crippen molar-refractivity contribution in [3.63, 3.8) is 0 Å². The molecule has 1 unspecified atom stereocenters. The summed E-state index contributed by atoms with van der Waals surface area (Å²) in [7, 11) is 1.70. The van der Waals surface area contributed by atoms with Crippen molar-refractivity contribution >= 4 is 0 Å². The van der Waals surface area contributed by atoms with Gasteiger partial charge < -0.3 is 9.47 Å². The van der Waals surface area contributed by atoms with Crippen LogP contribution in [0.2, 0.25) is 0 Å². The molecular formula is C13H17NO2. The molecule has 0 aliphatic carbocycles. The highest BCUT2D eigenvalue weighted by Crippen LogP contribution is 2.15. The summed E-state index contributed by atoms with van der Waals surface area (Å²) >= 11 is 0. The zero-order valence-corrected chi connectivity index (χ0v) is 9.77. The molecule has 0 aliphatic rings. The van der Waals surface area contributed by atoms with E-state index in [0.29, 0.717) is 6.42 Å². The minimum absolute atomic E-state index is 0.0603. The highest BCUT2D eigenvalue weighted by molar-refractivity contribution is 5.27. The summed E-state index contributed by atoms with van der Waals surface area (Å²) < 4.78 is 10.6. The number of hydrogen-bond donors (Lipinski definition) is 0. The maximum absolute atomic E-state index is 8.51. The molecule has 0 spiro atoms. The third kappa shape index (κ3) is 4.33. The Bertz CT molecular complexity index is 340. The third-order valence-electron chi connectivity index (χ3n) is 2.23. The maximum Gasteiger partial charge on any atom is 0.119 e. The number of ether oxygens (including phenoxy) is 2. The van der Waals surface area contributed by atoms with Crippen molar-refractivity contribution in [2.45, 2.75) is 25.9 Å². The third-order valence-corrected chi connectivity index (χ3v) is 2.23. The van der Waals surface area contributed by atoms with Crippen LogP contribution in [0, 0.1) is 11.3 Å². The number of hydrogen-bond acceptors (Lipinski definition) is 3. The van der Waals surface area contributed by atoms with Crippen LogP contribution in [0.5, 0.6) is 5.75 Å². The molecule has 0 heterocycles. The summed E-state index contributed by atoms with van der Waals surface area (Å²) in [6.45, 7) is 2.62. The summed E-state index contributed by atoms with van der Waals surface area (Å²) in [5, 5.41) is 8.51. The standard InChI is InChI=1S/C13H17NO2/c1-11(7-9-14)16-13-5-3-12(4-6-13)8-10-15-2/h3-6,11H,7-8,10H2,1-2H3. The molecule has 0 bridgehead atoms. The smallest absolute Gasteiger partial charge is 0.119 e. The summed E-state index contributed by atoms with van der Waals surface area (Å²) in [6, 6.07) is 9.99. The Morgan fingerprint density at radius 2 is 2.00 bits per heavy atom. The van der Waals surface area contributed by atoms with Crippen LogP contribution in [0.15, 0.2) is 24.3 Å². The van der Waals surface area contributed by atoms with Gasteiger partial charge in [0.2, 0.25) is 0 Å². The molecule has 0 fully saturated rings. The fourth-order valence-corrected chi connectivity index (χ4v) is 1.36. The summed E-state index contributed by atoms with van der Waals surface area (Å²) in [4.78, 5) is 0. The first-order valence-corrected chi connectivity index (χ1v) is 5.37. The van der Waals surface area contributed by atoms with E-state index in [4.69, 9.17) is 14.7 Å². The van der Waals surface area contributed by atoms with Gasteiger partial charge in [-0.3, -0.25) is 0 Å². The van der Waals surface area contributed by atoms with E-state index < -0.39 is 0 Å². The summed E-state index contributed by atoms with van der Waals surface area (Å²) in [5.74, 6) is 0.809. The lowest BCUT2D eigenvalue weighted by Crippen LogP contribution is -2.10. The predicted molar refractivity (Wildman–Crippen MR) is 62.3 cm³/mol. The lowest BCUT2D eigenvalue weighted by atomic mass is 10.1. The van der Waals surface area contributed by atoms with E-state index in [0.717, 1.165) is 18.8 Å². The number of methoxy groups -OCH3 is 1. The number of rotatable bonds is 6. The van der Waals surface area contributed by atoms with E-state index in [1.807, 2.05) is 31.2 Å². The molecular weight excluding hydrogens is 202 g/mol. The Hall–Kier alpha value is -1.53. The van der Waals surface area contributed by atoms with Crippen molar-refractivity contribution in [2.75, 3.05) is 13.7 Å². The SMILES string of the molecule is COCCc1ccc(OC(C)CC#N)cc1. The molecule has 1 aromatic rings. The topological polar surface area (TPSA) is 42.2 Å². The van der Waals surface area contributed by atoms with E-state index in [1.165, 1.54) is 5.56 Å². The molecule has 1 aromatic carbocycles. The van der Waals surface area contributed by atoms with E-state index in [-0.39, 0.29) is 6.10 Å². The molecule has 0 saturated heterocycles. The second kappa shape index (κ2) is 6.86.